The number of carbonyl (C=O) groups is 2. The molecule has 0 aliphatic rings. The average molecular weight is 454 g/mol. The lowest BCUT2D eigenvalue weighted by Crippen LogP contribution is -2.33. The first kappa shape index (κ1) is 23.7. The summed E-state index contributed by atoms with van der Waals surface area (Å²) < 4.78 is 31.7. The zero-order chi connectivity index (χ0) is 22.1. The number of rotatable bonds is 9. The van der Waals surface area contributed by atoms with Crippen LogP contribution in [0.4, 0.5) is 10.5 Å². The van der Waals surface area contributed by atoms with Crippen molar-refractivity contribution in [3.63, 3.8) is 0 Å². The normalized spacial score (nSPS) is 11.2. The summed E-state index contributed by atoms with van der Waals surface area (Å²) in [5.74, 6) is -0.542. The molecule has 0 bridgehead atoms. The highest BCUT2D eigenvalue weighted by molar-refractivity contribution is 7.89. The molecule has 0 aliphatic heterocycles. The molecule has 10 heteroatoms. The number of anilines is 1. The quantitative estimate of drug-likeness (QED) is 0.606. The summed E-state index contributed by atoms with van der Waals surface area (Å²) in [5.41, 5.74) is 1.06. The maximum absolute atomic E-state index is 12.7. The molecule has 2 aromatic rings. The minimum Gasteiger partial charge on any atom is -0.445 e. The van der Waals surface area contributed by atoms with Crippen molar-refractivity contribution in [3.8, 4) is 0 Å². The van der Waals surface area contributed by atoms with E-state index in [4.69, 9.17) is 16.3 Å². The average Bonchev–Trinajstić information content (AvgIpc) is 2.73. The van der Waals surface area contributed by atoms with Crippen LogP contribution in [0.1, 0.15) is 19.4 Å². The van der Waals surface area contributed by atoms with Crippen LogP contribution in [0.25, 0.3) is 0 Å². The number of benzene rings is 2. The second kappa shape index (κ2) is 11.0. The zero-order valence-corrected chi connectivity index (χ0v) is 18.3. The third-order valence-corrected chi connectivity index (χ3v) is 6.68. The third kappa shape index (κ3) is 6.45. The highest BCUT2D eigenvalue weighted by Gasteiger charge is 2.25. The molecule has 0 saturated carbocycles. The van der Waals surface area contributed by atoms with Crippen LogP contribution < -0.4 is 10.6 Å². The molecule has 2 aromatic carbocycles. The molecule has 0 unspecified atom stereocenters. The monoisotopic (exact) mass is 453 g/mol. The van der Waals surface area contributed by atoms with Gasteiger partial charge in [-0.3, -0.25) is 4.79 Å². The minimum absolute atomic E-state index is 0.0579. The van der Waals surface area contributed by atoms with E-state index >= 15 is 0 Å². The van der Waals surface area contributed by atoms with Crippen molar-refractivity contribution in [1.82, 2.24) is 9.62 Å². The minimum atomic E-state index is -3.79. The van der Waals surface area contributed by atoms with E-state index in [1.54, 1.807) is 13.8 Å². The predicted molar refractivity (Wildman–Crippen MR) is 115 cm³/mol. The third-order valence-electron chi connectivity index (χ3n) is 4.14. The Balaban J connectivity index is 1.94. The number of ether oxygens (including phenoxy) is 1. The van der Waals surface area contributed by atoms with Crippen LogP contribution in [0.5, 0.6) is 0 Å². The van der Waals surface area contributed by atoms with E-state index in [2.05, 4.69) is 10.6 Å². The van der Waals surface area contributed by atoms with Crippen molar-refractivity contribution < 1.29 is 22.7 Å². The Labute approximate surface area is 181 Å². The van der Waals surface area contributed by atoms with E-state index in [9.17, 15) is 18.0 Å². The molecule has 2 rings (SSSR count). The molecule has 0 fully saturated rings. The van der Waals surface area contributed by atoms with Gasteiger partial charge in [-0.15, -0.1) is 0 Å². The van der Waals surface area contributed by atoms with Crippen LogP contribution in [0, 0.1) is 0 Å². The molecule has 0 aliphatic carbocycles. The smallest absolute Gasteiger partial charge is 0.407 e. The molecule has 0 heterocycles. The number of alkyl carbamates (subject to hydrolysis) is 1. The van der Waals surface area contributed by atoms with Gasteiger partial charge >= 0.3 is 6.09 Å². The van der Waals surface area contributed by atoms with Crippen LogP contribution in [-0.2, 0) is 26.2 Å². The molecular weight excluding hydrogens is 430 g/mol. The Morgan fingerprint density at radius 3 is 2.37 bits per heavy atom. The van der Waals surface area contributed by atoms with Gasteiger partial charge in [0.05, 0.1) is 5.02 Å². The first-order chi connectivity index (χ1) is 14.3. The van der Waals surface area contributed by atoms with E-state index < -0.39 is 22.0 Å². The second-order valence-corrected chi connectivity index (χ2v) is 8.51. The molecule has 0 radical (unpaired) electrons. The molecule has 0 saturated heterocycles. The van der Waals surface area contributed by atoms with Gasteiger partial charge < -0.3 is 15.4 Å². The number of halogens is 1. The Bertz CT molecular complexity index is 979. The molecule has 8 nitrogen and oxygen atoms in total. The van der Waals surface area contributed by atoms with Crippen molar-refractivity contribution in [2.45, 2.75) is 25.3 Å². The lowest BCUT2D eigenvalue weighted by Gasteiger charge is -2.19. The maximum Gasteiger partial charge on any atom is 0.407 e. The SMILES string of the molecule is CCN(CC)S(=O)(=O)c1cc(NC(=O)CNC(=O)OCc2ccccc2)ccc1Cl. The van der Waals surface area contributed by atoms with E-state index in [1.165, 1.54) is 22.5 Å². The Morgan fingerprint density at radius 2 is 1.73 bits per heavy atom. The van der Waals surface area contributed by atoms with Gasteiger partial charge in [0.15, 0.2) is 0 Å². The number of carbonyl (C=O) groups excluding carboxylic acids is 2. The van der Waals surface area contributed by atoms with E-state index in [0.29, 0.717) is 13.1 Å². The number of nitrogens with zero attached hydrogens (tertiary/aromatic N) is 1. The van der Waals surface area contributed by atoms with Crippen LogP contribution in [0.15, 0.2) is 53.4 Å². The van der Waals surface area contributed by atoms with Gasteiger partial charge in [-0.25, -0.2) is 13.2 Å². The first-order valence-electron chi connectivity index (χ1n) is 9.32. The van der Waals surface area contributed by atoms with E-state index in [1.807, 2.05) is 30.3 Å². The highest BCUT2D eigenvalue weighted by Crippen LogP contribution is 2.27. The lowest BCUT2D eigenvalue weighted by molar-refractivity contribution is -0.115. The first-order valence-corrected chi connectivity index (χ1v) is 11.1. The Kier molecular flexibility index (Phi) is 8.64. The number of nitrogens with one attached hydrogen (secondary N) is 2. The molecule has 162 valence electrons. The van der Waals surface area contributed by atoms with Gasteiger partial charge in [0.25, 0.3) is 0 Å². The summed E-state index contributed by atoms with van der Waals surface area (Å²) in [5, 5.41) is 4.93. The number of hydrogen-bond donors (Lipinski definition) is 2. The summed E-state index contributed by atoms with van der Waals surface area (Å²) in [7, 11) is -3.79. The fraction of sp³-hybridized carbons (Fsp3) is 0.300. The molecule has 0 spiro atoms. The topological polar surface area (TPSA) is 105 Å². The summed E-state index contributed by atoms with van der Waals surface area (Å²) in [4.78, 5) is 23.7. The van der Waals surface area contributed by atoms with Crippen molar-refractivity contribution >= 4 is 39.3 Å². The molecule has 0 aromatic heterocycles. The van der Waals surface area contributed by atoms with Gasteiger partial charge in [0.2, 0.25) is 15.9 Å². The fourth-order valence-corrected chi connectivity index (χ4v) is 4.57. The summed E-state index contributed by atoms with van der Waals surface area (Å²) >= 11 is 6.07. The Morgan fingerprint density at radius 1 is 1.07 bits per heavy atom. The van der Waals surface area contributed by atoms with Gasteiger partial charge in [-0.1, -0.05) is 55.8 Å². The second-order valence-electron chi connectivity index (χ2n) is 6.20. The number of sulfonamides is 1. The lowest BCUT2D eigenvalue weighted by atomic mass is 10.2. The van der Waals surface area contributed by atoms with Crippen molar-refractivity contribution in [3.05, 3.63) is 59.1 Å². The highest BCUT2D eigenvalue weighted by atomic mass is 35.5. The van der Waals surface area contributed by atoms with Gasteiger partial charge in [-0.2, -0.15) is 4.31 Å². The maximum atomic E-state index is 12.7. The standard InChI is InChI=1S/C20H24ClN3O5S/c1-3-24(4-2)30(27,28)18-12-16(10-11-17(18)21)23-19(25)13-22-20(26)29-14-15-8-6-5-7-9-15/h5-12H,3-4,13-14H2,1-2H3,(H,22,26)(H,23,25). The summed E-state index contributed by atoms with van der Waals surface area (Å²) in [6.07, 6.45) is -0.741. The molecular formula is C20H24ClN3O5S. The van der Waals surface area contributed by atoms with Crippen molar-refractivity contribution in [2.75, 3.05) is 25.0 Å². The van der Waals surface area contributed by atoms with E-state index in [0.717, 1.165) is 5.56 Å². The molecule has 2 N–H and O–H groups in total. The predicted octanol–water partition coefficient (Wildman–Crippen LogP) is 3.24. The van der Waals surface area contributed by atoms with E-state index in [-0.39, 0.29) is 28.8 Å². The molecule has 2 amide bonds. The van der Waals surface area contributed by atoms with Gasteiger partial charge in [0, 0.05) is 18.8 Å². The van der Waals surface area contributed by atoms with Crippen LogP contribution in [0.2, 0.25) is 5.02 Å². The molecule has 0 atom stereocenters. The number of amides is 2. The number of hydrogen-bond acceptors (Lipinski definition) is 5. The van der Waals surface area contributed by atoms with Gasteiger partial charge in [-0.05, 0) is 23.8 Å². The van der Waals surface area contributed by atoms with Crippen molar-refractivity contribution in [1.29, 1.82) is 0 Å². The Hall–Kier alpha value is -2.62. The van der Waals surface area contributed by atoms with Crippen LogP contribution >= 0.6 is 11.6 Å². The van der Waals surface area contributed by atoms with Crippen molar-refractivity contribution in [2.24, 2.45) is 0 Å². The largest absolute Gasteiger partial charge is 0.445 e. The van der Waals surface area contributed by atoms with Gasteiger partial charge in [0.1, 0.15) is 18.0 Å². The summed E-state index contributed by atoms with van der Waals surface area (Å²) in [6.45, 7) is 3.78. The summed E-state index contributed by atoms with van der Waals surface area (Å²) in [6, 6.07) is 13.3. The van der Waals surface area contributed by atoms with Crippen LogP contribution in [-0.4, -0.2) is 44.4 Å². The zero-order valence-electron chi connectivity index (χ0n) is 16.7. The van der Waals surface area contributed by atoms with Crippen LogP contribution in [0.3, 0.4) is 0 Å². The molecule has 30 heavy (non-hydrogen) atoms. The fourth-order valence-electron chi connectivity index (χ4n) is 2.61.